The Balaban J connectivity index is 1.51. The number of aryl methyl sites for hydroxylation is 1. The zero-order chi connectivity index (χ0) is 23.5. The number of benzene rings is 3. The smallest absolute Gasteiger partial charge is 0.177 e. The lowest BCUT2D eigenvalue weighted by atomic mass is 10.1. The molecule has 34 heavy (non-hydrogen) atoms. The predicted molar refractivity (Wildman–Crippen MR) is 142 cm³/mol. The van der Waals surface area contributed by atoms with E-state index in [1.165, 1.54) is 22.3 Å². The van der Waals surface area contributed by atoms with Crippen LogP contribution in [0.5, 0.6) is 0 Å². The molecule has 0 aliphatic carbocycles. The van der Waals surface area contributed by atoms with Crippen LogP contribution < -0.4 is 11.1 Å². The summed E-state index contributed by atoms with van der Waals surface area (Å²) in [7, 11) is 0. The van der Waals surface area contributed by atoms with Crippen LogP contribution in [0.4, 0.5) is 0 Å². The minimum atomic E-state index is 0.663. The van der Waals surface area contributed by atoms with Gasteiger partial charge in [-0.3, -0.25) is 5.01 Å². The molecule has 0 amide bonds. The first kappa shape index (κ1) is 22.7. The van der Waals surface area contributed by atoms with Gasteiger partial charge in [-0.2, -0.15) is 5.10 Å². The maximum atomic E-state index is 4.82. The lowest BCUT2D eigenvalue weighted by Crippen LogP contribution is -2.40. The van der Waals surface area contributed by atoms with E-state index in [0.717, 1.165) is 32.3 Å². The largest absolute Gasteiger partial charge is 0.266 e. The summed E-state index contributed by atoms with van der Waals surface area (Å²) in [6, 6.07) is 25.2. The number of hydrogen-bond donors (Lipinski definition) is 2. The van der Waals surface area contributed by atoms with Crippen LogP contribution in [0.3, 0.4) is 0 Å². The predicted octanol–water partition coefficient (Wildman–Crippen LogP) is 5.73. The van der Waals surface area contributed by atoms with Crippen LogP contribution in [0.1, 0.15) is 27.8 Å². The number of hydrazine groups is 2. The molecule has 0 atom stereocenters. The first-order valence-electron chi connectivity index (χ1n) is 11.0. The molecule has 2 heterocycles. The fourth-order valence-electron chi connectivity index (χ4n) is 3.84. The van der Waals surface area contributed by atoms with Crippen LogP contribution >= 0.6 is 27.7 Å². The Hall–Kier alpha value is -3.07. The van der Waals surface area contributed by atoms with E-state index in [1.54, 1.807) is 11.8 Å². The highest BCUT2D eigenvalue weighted by Gasteiger charge is 2.26. The van der Waals surface area contributed by atoms with Gasteiger partial charge in [0, 0.05) is 10.2 Å². The molecule has 1 aromatic heterocycles. The van der Waals surface area contributed by atoms with Crippen molar-refractivity contribution in [2.24, 2.45) is 5.10 Å². The number of nitrogens with one attached hydrogen (secondary N) is 2. The average molecular weight is 533 g/mol. The number of hydrogen-bond acceptors (Lipinski definition) is 6. The Labute approximate surface area is 212 Å². The van der Waals surface area contributed by atoms with E-state index in [1.807, 2.05) is 22.0 Å². The molecule has 8 heteroatoms. The molecule has 0 unspecified atom stereocenters. The van der Waals surface area contributed by atoms with Crippen LogP contribution in [-0.4, -0.2) is 20.6 Å². The summed E-state index contributed by atoms with van der Waals surface area (Å²) in [5.41, 5.74) is 13.1. The van der Waals surface area contributed by atoms with Crippen molar-refractivity contribution in [2.45, 2.75) is 31.2 Å². The molecule has 6 nitrogen and oxygen atoms in total. The molecule has 2 N–H and O–H groups in total. The van der Waals surface area contributed by atoms with E-state index < -0.39 is 0 Å². The molecule has 0 saturated carbocycles. The van der Waals surface area contributed by atoms with Gasteiger partial charge in [-0.15, -0.1) is 22.4 Å². The number of amidine groups is 1. The maximum Gasteiger partial charge on any atom is 0.177 e. The van der Waals surface area contributed by atoms with Crippen molar-refractivity contribution in [3.63, 3.8) is 0 Å². The van der Waals surface area contributed by atoms with Crippen molar-refractivity contribution >= 4 is 33.5 Å². The Morgan fingerprint density at radius 2 is 1.71 bits per heavy atom. The van der Waals surface area contributed by atoms with Gasteiger partial charge in [0.1, 0.15) is 5.03 Å². The molecule has 0 spiro atoms. The first-order valence-corrected chi connectivity index (χ1v) is 12.8. The van der Waals surface area contributed by atoms with Gasteiger partial charge >= 0.3 is 0 Å². The highest BCUT2D eigenvalue weighted by atomic mass is 79.9. The van der Waals surface area contributed by atoms with Crippen molar-refractivity contribution in [1.82, 2.24) is 25.9 Å². The van der Waals surface area contributed by atoms with Crippen LogP contribution in [0.2, 0.25) is 0 Å². The summed E-state index contributed by atoms with van der Waals surface area (Å²) < 4.78 is 3.11. The van der Waals surface area contributed by atoms with Gasteiger partial charge in [-0.25, -0.2) is 10.2 Å². The molecular formula is C26H25BrN6S. The van der Waals surface area contributed by atoms with Crippen molar-refractivity contribution in [1.29, 1.82) is 0 Å². The molecule has 1 aliphatic rings. The summed E-state index contributed by atoms with van der Waals surface area (Å²) in [6.45, 7) is 4.94. The molecular weight excluding hydrogens is 508 g/mol. The van der Waals surface area contributed by atoms with Crippen LogP contribution in [-0.2, 0) is 12.3 Å². The molecule has 1 aliphatic heterocycles. The lowest BCUT2D eigenvalue weighted by Gasteiger charge is -2.19. The van der Waals surface area contributed by atoms with Crippen molar-refractivity contribution in [2.75, 3.05) is 0 Å². The van der Waals surface area contributed by atoms with Crippen LogP contribution in [0.25, 0.3) is 5.69 Å². The third-order valence-electron chi connectivity index (χ3n) is 5.84. The molecule has 0 radical (unpaired) electrons. The Morgan fingerprint density at radius 1 is 0.912 bits per heavy atom. The second-order valence-electron chi connectivity index (χ2n) is 8.14. The Kier molecular flexibility index (Phi) is 6.71. The fourth-order valence-corrected chi connectivity index (χ4v) is 5.16. The standard InChI is InChI=1S/C26H25BrN6S/c1-18-7-6-10-24(19(18)2)33-26(34-17-21-8-4-3-5-9-21)23(15-28-33)25-29-30-31-32(25)16-20-11-13-22(27)14-12-20/h3-15,30-31H,16-17H2,1-2H3. The first-order chi connectivity index (χ1) is 16.6. The molecule has 172 valence electrons. The van der Waals surface area contributed by atoms with Gasteiger partial charge in [0.15, 0.2) is 5.84 Å². The number of hydrazone groups is 1. The number of nitrogens with zero attached hydrogens (tertiary/aromatic N) is 4. The quantitative estimate of drug-likeness (QED) is 0.297. The summed E-state index contributed by atoms with van der Waals surface area (Å²) >= 11 is 5.28. The molecule has 3 aromatic carbocycles. The van der Waals surface area contributed by atoms with Gasteiger partial charge in [-0.1, -0.05) is 70.5 Å². The third-order valence-corrected chi connectivity index (χ3v) is 7.52. The van der Waals surface area contributed by atoms with Crippen molar-refractivity contribution in [3.05, 3.63) is 111 Å². The topological polar surface area (TPSA) is 57.5 Å². The lowest BCUT2D eigenvalue weighted by molar-refractivity contribution is 0.288. The SMILES string of the molecule is Cc1cccc(-n2ncc(C3=NNNN3Cc3ccc(Br)cc3)c2SCc2ccccc2)c1C. The van der Waals surface area contributed by atoms with Gasteiger partial charge in [0.05, 0.1) is 24.0 Å². The average Bonchev–Trinajstić information content (AvgIpc) is 3.48. The zero-order valence-electron chi connectivity index (χ0n) is 19.0. The van der Waals surface area contributed by atoms with Gasteiger partial charge in [-0.05, 0) is 54.3 Å². The maximum absolute atomic E-state index is 4.82. The van der Waals surface area contributed by atoms with E-state index in [9.17, 15) is 0 Å². The zero-order valence-corrected chi connectivity index (χ0v) is 21.4. The number of aromatic nitrogens is 2. The van der Waals surface area contributed by atoms with E-state index in [2.05, 4.69) is 113 Å². The second-order valence-corrected chi connectivity index (χ2v) is 10.0. The van der Waals surface area contributed by atoms with E-state index in [4.69, 9.17) is 5.10 Å². The fraction of sp³-hybridized carbons (Fsp3) is 0.154. The molecule has 5 rings (SSSR count). The van der Waals surface area contributed by atoms with Crippen LogP contribution in [0.15, 0.2) is 93.6 Å². The molecule has 0 saturated heterocycles. The monoisotopic (exact) mass is 532 g/mol. The van der Waals surface area contributed by atoms with Crippen molar-refractivity contribution < 1.29 is 0 Å². The summed E-state index contributed by atoms with van der Waals surface area (Å²) in [6.07, 6.45) is 1.91. The van der Waals surface area contributed by atoms with Gasteiger partial charge in [0.25, 0.3) is 0 Å². The van der Waals surface area contributed by atoms with E-state index >= 15 is 0 Å². The minimum Gasteiger partial charge on any atom is -0.266 e. The Bertz CT molecular complexity index is 1320. The van der Waals surface area contributed by atoms with Gasteiger partial charge < -0.3 is 0 Å². The van der Waals surface area contributed by atoms with E-state index in [-0.39, 0.29) is 0 Å². The molecule has 4 aromatic rings. The normalized spacial score (nSPS) is 13.1. The summed E-state index contributed by atoms with van der Waals surface area (Å²) in [4.78, 5) is 0. The molecule has 0 fully saturated rings. The van der Waals surface area contributed by atoms with Crippen LogP contribution in [0, 0.1) is 13.8 Å². The van der Waals surface area contributed by atoms with Gasteiger partial charge in [0.2, 0.25) is 0 Å². The molecule has 0 bridgehead atoms. The highest BCUT2D eigenvalue weighted by molar-refractivity contribution is 9.10. The Morgan fingerprint density at radius 3 is 2.50 bits per heavy atom. The summed E-state index contributed by atoms with van der Waals surface area (Å²) in [5.74, 6) is 1.65. The minimum absolute atomic E-state index is 0.663. The number of rotatable bonds is 7. The number of thioether (sulfide) groups is 1. The highest BCUT2D eigenvalue weighted by Crippen LogP contribution is 2.32. The van der Waals surface area contributed by atoms with E-state index in [0.29, 0.717) is 6.54 Å². The van der Waals surface area contributed by atoms with Crippen molar-refractivity contribution in [3.8, 4) is 5.69 Å². The summed E-state index contributed by atoms with van der Waals surface area (Å²) in [5, 5.41) is 12.5. The third kappa shape index (κ3) is 4.75. The second kappa shape index (κ2) is 10.0. The number of halogens is 1.